The summed E-state index contributed by atoms with van der Waals surface area (Å²) in [7, 11) is 4.09. The van der Waals surface area contributed by atoms with Gasteiger partial charge in [0.25, 0.3) is 0 Å². The lowest BCUT2D eigenvalue weighted by Gasteiger charge is -2.26. The normalized spacial score (nSPS) is 14.9. The lowest BCUT2D eigenvalue weighted by Crippen LogP contribution is -2.43. The molecule has 1 N–H and O–H groups in total. The van der Waals surface area contributed by atoms with Crippen LogP contribution in [0.3, 0.4) is 0 Å². The maximum Gasteiger partial charge on any atom is 0.194 e. The van der Waals surface area contributed by atoms with Crippen molar-refractivity contribution in [3.05, 3.63) is 47.0 Å². The Hall–Kier alpha value is -1.64. The fourth-order valence-corrected chi connectivity index (χ4v) is 3.38. The van der Waals surface area contributed by atoms with E-state index in [0.717, 1.165) is 24.2 Å². The second-order valence-electron chi connectivity index (χ2n) is 7.27. The third-order valence-electron chi connectivity index (χ3n) is 5.27. The molecule has 1 aromatic carbocycles. The van der Waals surface area contributed by atoms with Crippen LogP contribution in [0.1, 0.15) is 48.5 Å². The number of benzene rings is 1. The average molecular weight is 482 g/mol. The van der Waals surface area contributed by atoms with Crippen LogP contribution < -0.4 is 5.32 Å². The molecule has 7 heteroatoms. The van der Waals surface area contributed by atoms with Gasteiger partial charge in [0, 0.05) is 26.7 Å². The number of nitrogens with one attached hydrogen (secondary N) is 1. The fraction of sp³-hybridized carbons (Fsp3) is 0.550. The number of aliphatic imine (C=N–C) groups is 1. The van der Waals surface area contributed by atoms with Crippen molar-refractivity contribution in [3.63, 3.8) is 0 Å². The van der Waals surface area contributed by atoms with Crippen molar-refractivity contribution in [3.8, 4) is 0 Å². The number of rotatable bonds is 5. The predicted octanol–water partition coefficient (Wildman–Crippen LogP) is 3.57. The lowest BCUT2D eigenvalue weighted by atomic mass is 10.1. The quantitative estimate of drug-likeness (QED) is 0.402. The third kappa shape index (κ3) is 5.67. The van der Waals surface area contributed by atoms with Crippen LogP contribution in [0, 0.1) is 13.8 Å². The zero-order valence-corrected chi connectivity index (χ0v) is 19.1. The molecule has 0 unspecified atom stereocenters. The van der Waals surface area contributed by atoms with Gasteiger partial charge in [-0.25, -0.2) is 4.99 Å². The minimum Gasteiger partial charge on any atom is -0.353 e. The summed E-state index contributed by atoms with van der Waals surface area (Å²) < 4.78 is 2.00. The second kappa shape index (κ2) is 10.1. The zero-order chi connectivity index (χ0) is 18.5. The van der Waals surface area contributed by atoms with Crippen molar-refractivity contribution < 1.29 is 0 Å². The zero-order valence-electron chi connectivity index (χ0n) is 16.8. The summed E-state index contributed by atoms with van der Waals surface area (Å²) >= 11 is 0. The molecular weight excluding hydrogens is 451 g/mol. The van der Waals surface area contributed by atoms with Crippen LogP contribution in [0.4, 0.5) is 0 Å². The highest BCUT2D eigenvalue weighted by Crippen LogP contribution is 2.18. The maximum atomic E-state index is 4.87. The highest BCUT2D eigenvalue weighted by Gasteiger charge is 2.19. The fourth-order valence-electron chi connectivity index (χ4n) is 3.38. The van der Waals surface area contributed by atoms with Crippen LogP contribution in [0.25, 0.3) is 0 Å². The van der Waals surface area contributed by atoms with Crippen LogP contribution in [-0.2, 0) is 20.1 Å². The van der Waals surface area contributed by atoms with E-state index >= 15 is 0 Å². The summed E-state index contributed by atoms with van der Waals surface area (Å²) in [5.74, 6) is 2.74. The molecule has 27 heavy (non-hydrogen) atoms. The van der Waals surface area contributed by atoms with E-state index in [1.807, 2.05) is 18.5 Å². The van der Waals surface area contributed by atoms with Gasteiger partial charge in [-0.1, -0.05) is 37.1 Å². The summed E-state index contributed by atoms with van der Waals surface area (Å²) in [6.07, 6.45) is 5.05. The first-order valence-corrected chi connectivity index (χ1v) is 9.46. The molecule has 1 aromatic heterocycles. The lowest BCUT2D eigenvalue weighted by molar-refractivity contribution is 0.455. The number of nitrogens with zero attached hydrogens (tertiary/aromatic N) is 5. The van der Waals surface area contributed by atoms with Gasteiger partial charge in [-0.15, -0.1) is 34.2 Å². The summed E-state index contributed by atoms with van der Waals surface area (Å²) in [4.78, 5) is 7.08. The Kier molecular flexibility index (Phi) is 8.07. The molecule has 1 aliphatic rings. The van der Waals surface area contributed by atoms with E-state index in [2.05, 4.69) is 58.7 Å². The Bertz CT molecular complexity index is 764. The molecule has 0 atom stereocenters. The minimum atomic E-state index is 0. The van der Waals surface area contributed by atoms with Crippen LogP contribution in [-0.4, -0.2) is 38.7 Å². The van der Waals surface area contributed by atoms with Gasteiger partial charge in [-0.3, -0.25) is 0 Å². The number of hydrogen-bond acceptors (Lipinski definition) is 3. The molecule has 3 rings (SSSR count). The SMILES string of the molecule is Cc1ccccc1CN(C)C(=NCc1nnc(C)n1C)NC1CCCC1.I. The number of aryl methyl sites for hydroxylation is 2. The first-order chi connectivity index (χ1) is 12.5. The highest BCUT2D eigenvalue weighted by molar-refractivity contribution is 14.0. The summed E-state index contributed by atoms with van der Waals surface area (Å²) in [5.41, 5.74) is 2.63. The van der Waals surface area contributed by atoms with Crippen LogP contribution in [0.15, 0.2) is 29.3 Å². The predicted molar refractivity (Wildman–Crippen MR) is 120 cm³/mol. The van der Waals surface area contributed by atoms with Gasteiger partial charge in [-0.05, 0) is 37.8 Å². The molecule has 148 valence electrons. The molecule has 0 spiro atoms. The monoisotopic (exact) mass is 482 g/mol. The van der Waals surface area contributed by atoms with Gasteiger partial charge in [0.2, 0.25) is 0 Å². The molecule has 1 aliphatic carbocycles. The van der Waals surface area contributed by atoms with Crippen molar-refractivity contribution >= 4 is 29.9 Å². The van der Waals surface area contributed by atoms with E-state index in [9.17, 15) is 0 Å². The van der Waals surface area contributed by atoms with Crippen LogP contribution in [0.2, 0.25) is 0 Å². The summed E-state index contributed by atoms with van der Waals surface area (Å²) in [6.45, 7) is 5.49. The molecule has 0 saturated heterocycles. The smallest absolute Gasteiger partial charge is 0.194 e. The number of hydrogen-bond donors (Lipinski definition) is 1. The molecule has 0 radical (unpaired) electrons. The van der Waals surface area contributed by atoms with Gasteiger partial charge in [0.15, 0.2) is 11.8 Å². The van der Waals surface area contributed by atoms with Gasteiger partial charge < -0.3 is 14.8 Å². The van der Waals surface area contributed by atoms with E-state index in [-0.39, 0.29) is 24.0 Å². The van der Waals surface area contributed by atoms with E-state index in [4.69, 9.17) is 4.99 Å². The van der Waals surface area contributed by atoms with Gasteiger partial charge in [0.1, 0.15) is 12.4 Å². The van der Waals surface area contributed by atoms with Crippen molar-refractivity contribution in [1.82, 2.24) is 25.0 Å². The number of guanidine groups is 1. The summed E-state index contributed by atoms with van der Waals surface area (Å²) in [6, 6.07) is 9.05. The molecule has 0 aliphatic heterocycles. The maximum absolute atomic E-state index is 4.87. The van der Waals surface area contributed by atoms with Gasteiger partial charge in [0.05, 0.1) is 0 Å². The molecule has 1 saturated carbocycles. The van der Waals surface area contributed by atoms with Crippen molar-refractivity contribution in [2.45, 2.75) is 58.7 Å². The first-order valence-electron chi connectivity index (χ1n) is 9.46. The first kappa shape index (κ1) is 21.7. The van der Waals surface area contributed by atoms with E-state index in [0.29, 0.717) is 12.6 Å². The molecule has 2 aromatic rings. The third-order valence-corrected chi connectivity index (χ3v) is 5.27. The largest absolute Gasteiger partial charge is 0.353 e. The van der Waals surface area contributed by atoms with Crippen LogP contribution in [0.5, 0.6) is 0 Å². The molecule has 0 amide bonds. The van der Waals surface area contributed by atoms with E-state index < -0.39 is 0 Å². The van der Waals surface area contributed by atoms with Crippen molar-refractivity contribution in [2.75, 3.05) is 7.05 Å². The van der Waals surface area contributed by atoms with Crippen molar-refractivity contribution in [1.29, 1.82) is 0 Å². The molecule has 6 nitrogen and oxygen atoms in total. The second-order valence-corrected chi connectivity index (χ2v) is 7.27. The van der Waals surface area contributed by atoms with Gasteiger partial charge in [-0.2, -0.15) is 0 Å². The summed E-state index contributed by atoms with van der Waals surface area (Å²) in [5, 5.41) is 12.0. The van der Waals surface area contributed by atoms with Crippen molar-refractivity contribution in [2.24, 2.45) is 12.0 Å². The Morgan fingerprint density at radius 2 is 1.93 bits per heavy atom. The number of aromatic nitrogens is 3. The highest BCUT2D eigenvalue weighted by atomic mass is 127. The van der Waals surface area contributed by atoms with E-state index in [1.54, 1.807) is 0 Å². The minimum absolute atomic E-state index is 0. The Morgan fingerprint density at radius 1 is 1.22 bits per heavy atom. The molecular formula is C20H31IN6. The van der Waals surface area contributed by atoms with Gasteiger partial charge >= 0.3 is 0 Å². The topological polar surface area (TPSA) is 58.3 Å². The Morgan fingerprint density at radius 3 is 2.56 bits per heavy atom. The molecule has 0 bridgehead atoms. The molecule has 1 fully saturated rings. The Labute approximate surface area is 179 Å². The Balaban J connectivity index is 0.00000261. The molecule has 1 heterocycles. The van der Waals surface area contributed by atoms with E-state index in [1.165, 1.54) is 36.8 Å². The number of halogens is 1. The van der Waals surface area contributed by atoms with Crippen LogP contribution >= 0.6 is 24.0 Å². The average Bonchev–Trinajstić information content (AvgIpc) is 3.25. The standard InChI is InChI=1S/C20H30N6.HI/c1-15-9-5-6-10-17(15)14-25(3)20(22-18-11-7-8-12-18)21-13-19-24-23-16(2)26(19)4;/h5-6,9-10,18H,7-8,11-14H2,1-4H3,(H,21,22);1H.